The number of carbonyl (C=O) groups excluding carboxylic acids is 2. The van der Waals surface area contributed by atoms with Crippen LogP contribution < -0.4 is 14.5 Å². The highest BCUT2D eigenvalue weighted by molar-refractivity contribution is 7.92. The summed E-state index contributed by atoms with van der Waals surface area (Å²) in [6.07, 6.45) is -3.23. The second-order valence-electron chi connectivity index (χ2n) is 9.79. The van der Waals surface area contributed by atoms with E-state index in [2.05, 4.69) is 5.32 Å². The number of carbonyl (C=O) groups is 2. The number of esters is 1. The largest absolute Gasteiger partial charge is 0.452 e. The number of morpholine rings is 1. The summed E-state index contributed by atoms with van der Waals surface area (Å²) in [6.45, 7) is 1.09. The third-order valence-corrected chi connectivity index (χ3v) is 8.82. The van der Waals surface area contributed by atoms with E-state index in [1.165, 1.54) is 34.6 Å². The van der Waals surface area contributed by atoms with Gasteiger partial charge in [0.15, 0.2) is 6.61 Å². The summed E-state index contributed by atoms with van der Waals surface area (Å²) in [5, 5.41) is 2.41. The molecule has 2 aliphatic heterocycles. The molecule has 0 spiro atoms. The van der Waals surface area contributed by atoms with Crippen LogP contribution in [0.25, 0.3) is 0 Å². The van der Waals surface area contributed by atoms with E-state index in [1.807, 2.05) is 12.1 Å². The molecule has 0 radical (unpaired) electrons. The average Bonchev–Trinajstić information content (AvgIpc) is 2.99. The summed E-state index contributed by atoms with van der Waals surface area (Å²) in [5.41, 5.74) is 0.750. The lowest BCUT2D eigenvalue weighted by Crippen LogP contribution is -2.37. The maximum Gasteiger partial charge on any atom is 0.416 e. The molecule has 1 fully saturated rings. The van der Waals surface area contributed by atoms with Crippen molar-refractivity contribution >= 4 is 39.0 Å². The lowest BCUT2D eigenvalue weighted by molar-refractivity contribution is -0.137. The third-order valence-electron chi connectivity index (χ3n) is 7.01. The van der Waals surface area contributed by atoms with Gasteiger partial charge in [-0.2, -0.15) is 13.2 Å². The Labute approximate surface area is 240 Å². The summed E-state index contributed by atoms with van der Waals surface area (Å²) in [4.78, 5) is 27.1. The topological polar surface area (TPSA) is 105 Å². The lowest BCUT2D eigenvalue weighted by Gasteiger charge is -2.31. The number of anilines is 3. The molecular weight excluding hydrogens is 575 g/mol. The van der Waals surface area contributed by atoms with Crippen LogP contribution in [-0.2, 0) is 36.9 Å². The van der Waals surface area contributed by atoms with Gasteiger partial charge in [-0.25, -0.2) is 13.2 Å². The number of hydrogen-bond acceptors (Lipinski definition) is 7. The van der Waals surface area contributed by atoms with E-state index in [1.54, 1.807) is 17.0 Å². The first-order valence-electron chi connectivity index (χ1n) is 13.3. The highest BCUT2D eigenvalue weighted by Crippen LogP contribution is 2.36. The smallest absolute Gasteiger partial charge is 0.416 e. The Bertz CT molecular complexity index is 1590. The summed E-state index contributed by atoms with van der Waals surface area (Å²) in [7, 11) is -3.99. The predicted octanol–water partition coefficient (Wildman–Crippen LogP) is 4.48. The van der Waals surface area contributed by atoms with Crippen LogP contribution in [0.4, 0.5) is 30.2 Å². The van der Waals surface area contributed by atoms with Crippen molar-refractivity contribution < 1.29 is 40.7 Å². The molecule has 3 aromatic rings. The highest BCUT2D eigenvalue weighted by atomic mass is 32.2. The summed E-state index contributed by atoms with van der Waals surface area (Å²) in [5.74, 6) is -1.82. The molecule has 13 heteroatoms. The van der Waals surface area contributed by atoms with Crippen LogP contribution in [-0.4, -0.2) is 59.7 Å². The number of halogens is 3. The molecule has 1 saturated heterocycles. The van der Waals surface area contributed by atoms with E-state index in [4.69, 9.17) is 9.47 Å². The molecular formula is C29H28F3N3O6S. The molecule has 2 aliphatic rings. The van der Waals surface area contributed by atoms with E-state index in [0.29, 0.717) is 44.1 Å². The molecule has 222 valence electrons. The van der Waals surface area contributed by atoms with Crippen molar-refractivity contribution in [2.24, 2.45) is 0 Å². The molecule has 3 aromatic carbocycles. The molecule has 0 bridgehead atoms. The molecule has 0 atom stereocenters. The summed E-state index contributed by atoms with van der Waals surface area (Å²) < 4.78 is 78.8. The van der Waals surface area contributed by atoms with E-state index in [0.717, 1.165) is 24.1 Å². The number of rotatable bonds is 7. The van der Waals surface area contributed by atoms with Crippen molar-refractivity contribution in [1.29, 1.82) is 0 Å². The second-order valence-corrected chi connectivity index (χ2v) is 11.7. The molecule has 1 N–H and O–H groups in total. The fourth-order valence-corrected chi connectivity index (χ4v) is 6.54. The monoisotopic (exact) mass is 603 g/mol. The number of nitrogens with one attached hydrogen (secondary N) is 1. The number of ether oxygens (including phenoxy) is 2. The first-order chi connectivity index (χ1) is 20.0. The van der Waals surface area contributed by atoms with Crippen molar-refractivity contribution in [2.75, 3.05) is 54.0 Å². The fraction of sp³-hybridized carbons (Fsp3) is 0.310. The third kappa shape index (κ3) is 6.36. The van der Waals surface area contributed by atoms with E-state index in [-0.39, 0.29) is 22.7 Å². The molecule has 0 aromatic heterocycles. The maximum atomic E-state index is 13.5. The molecule has 42 heavy (non-hydrogen) atoms. The zero-order chi connectivity index (χ0) is 29.9. The predicted molar refractivity (Wildman–Crippen MR) is 149 cm³/mol. The Morgan fingerprint density at radius 2 is 1.69 bits per heavy atom. The van der Waals surface area contributed by atoms with Gasteiger partial charge in [0.2, 0.25) is 0 Å². The van der Waals surface area contributed by atoms with Crippen LogP contribution in [0.5, 0.6) is 0 Å². The average molecular weight is 604 g/mol. The quantitative estimate of drug-likeness (QED) is 0.397. The number of aryl methyl sites for hydroxylation is 1. The van der Waals surface area contributed by atoms with Gasteiger partial charge >= 0.3 is 12.1 Å². The molecule has 0 unspecified atom stereocenters. The van der Waals surface area contributed by atoms with E-state index in [9.17, 15) is 31.2 Å². The van der Waals surface area contributed by atoms with Crippen LogP contribution in [0.3, 0.4) is 0 Å². The van der Waals surface area contributed by atoms with Gasteiger partial charge in [0.05, 0.1) is 46.3 Å². The lowest BCUT2D eigenvalue weighted by atomic mass is 10.0. The zero-order valence-electron chi connectivity index (χ0n) is 22.4. The second kappa shape index (κ2) is 12.0. The number of alkyl halides is 3. The minimum absolute atomic E-state index is 0.0809. The van der Waals surface area contributed by atoms with Crippen molar-refractivity contribution in [1.82, 2.24) is 0 Å². The molecule has 1 amide bonds. The Morgan fingerprint density at radius 1 is 0.929 bits per heavy atom. The number of benzene rings is 3. The van der Waals surface area contributed by atoms with Crippen LogP contribution in [0, 0.1) is 0 Å². The van der Waals surface area contributed by atoms with Crippen LogP contribution in [0.15, 0.2) is 71.6 Å². The van der Waals surface area contributed by atoms with Crippen LogP contribution in [0.1, 0.15) is 27.9 Å². The first kappa shape index (κ1) is 29.4. The molecule has 2 heterocycles. The van der Waals surface area contributed by atoms with Gasteiger partial charge in [-0.1, -0.05) is 24.3 Å². The van der Waals surface area contributed by atoms with Crippen molar-refractivity contribution in [2.45, 2.75) is 23.9 Å². The Hall–Kier alpha value is -4.10. The Balaban J connectivity index is 1.29. The normalized spacial score (nSPS) is 15.6. The minimum Gasteiger partial charge on any atom is -0.452 e. The summed E-state index contributed by atoms with van der Waals surface area (Å²) in [6, 6.07) is 15.6. The molecule has 0 saturated carbocycles. The van der Waals surface area contributed by atoms with Gasteiger partial charge in [0, 0.05) is 19.6 Å². The highest BCUT2D eigenvalue weighted by Gasteiger charge is 2.32. The van der Waals surface area contributed by atoms with Crippen LogP contribution >= 0.6 is 0 Å². The fourth-order valence-electron chi connectivity index (χ4n) is 4.95. The zero-order valence-corrected chi connectivity index (χ0v) is 23.2. The number of amides is 1. The van der Waals surface area contributed by atoms with Gasteiger partial charge < -0.3 is 19.7 Å². The maximum absolute atomic E-state index is 13.5. The molecule has 5 rings (SSSR count). The molecule has 0 aliphatic carbocycles. The van der Waals surface area contributed by atoms with E-state index >= 15 is 0 Å². The van der Waals surface area contributed by atoms with Gasteiger partial charge in [0.25, 0.3) is 15.9 Å². The van der Waals surface area contributed by atoms with Crippen LogP contribution in [0.2, 0.25) is 0 Å². The SMILES string of the molecule is O=C(COC(=O)c1cccc(S(=O)(=O)N2CCCc3ccccc32)c1)Nc1cc(C(F)(F)F)ccc1N1CCOCC1. The van der Waals surface area contributed by atoms with Crippen molar-refractivity contribution in [3.05, 3.63) is 83.4 Å². The standard InChI is InChI=1S/C29H28F3N3O6S/c30-29(31,32)22-10-11-26(34-13-15-40-16-14-34)24(18-22)33-27(36)19-41-28(37)21-6-3-8-23(17-21)42(38,39)35-12-4-7-20-5-1-2-9-25(20)35/h1-3,5-6,8-11,17-18H,4,7,12-16,19H2,(H,33,36). The first-order valence-corrected chi connectivity index (χ1v) is 14.7. The number of nitrogens with zero attached hydrogens (tertiary/aromatic N) is 2. The Morgan fingerprint density at radius 3 is 2.45 bits per heavy atom. The van der Waals surface area contributed by atoms with Gasteiger partial charge in [-0.3, -0.25) is 9.10 Å². The molecule has 9 nitrogen and oxygen atoms in total. The van der Waals surface area contributed by atoms with E-state index < -0.39 is 40.2 Å². The number of fused-ring (bicyclic) bond motifs is 1. The van der Waals surface area contributed by atoms with Crippen molar-refractivity contribution in [3.8, 4) is 0 Å². The van der Waals surface area contributed by atoms with Gasteiger partial charge in [-0.15, -0.1) is 0 Å². The number of para-hydroxylation sites is 1. The van der Waals surface area contributed by atoms with Crippen molar-refractivity contribution in [3.63, 3.8) is 0 Å². The Kier molecular flexibility index (Phi) is 8.41. The number of hydrogen-bond donors (Lipinski definition) is 1. The number of sulfonamides is 1. The summed E-state index contributed by atoms with van der Waals surface area (Å²) >= 11 is 0. The van der Waals surface area contributed by atoms with Gasteiger partial charge in [0.1, 0.15) is 0 Å². The van der Waals surface area contributed by atoms with Gasteiger partial charge in [-0.05, 0) is 60.9 Å². The minimum atomic E-state index is -4.63.